The average Bonchev–Trinajstić information content (AvgIpc) is 2.99. The van der Waals surface area contributed by atoms with Crippen LogP contribution in [-0.2, 0) is 0 Å². The highest BCUT2D eigenvalue weighted by Gasteiger charge is 2.57. The fraction of sp³-hybridized carbons (Fsp3) is 0.852. The van der Waals surface area contributed by atoms with E-state index in [2.05, 4.69) is 58.9 Å². The molecule has 4 aliphatic rings. The van der Waals surface area contributed by atoms with Gasteiger partial charge in [0, 0.05) is 0 Å². The summed E-state index contributed by atoms with van der Waals surface area (Å²) in [5.41, 5.74) is 0.748. The molecule has 4 aliphatic carbocycles. The van der Waals surface area contributed by atoms with Crippen LogP contribution in [0, 0.1) is 52.3 Å². The standard InChI is InChI=1S/C27H44O/c1-18(2)7-6-8-19(3)23-11-12-24-22-10-9-20-17-21(28)13-15-26(20,4)25(22)14-16-27(23,24)5/h9-10,14,16,18-25,28H,6-8,11-13,15,17H2,1-5H3/t19-,20+,21+,22+,23-,24+,25+,26+,27-/m1/s1. The maximum Gasteiger partial charge on any atom is 0.0546 e. The minimum Gasteiger partial charge on any atom is -0.393 e. The lowest BCUT2D eigenvalue weighted by Crippen LogP contribution is -2.50. The zero-order valence-electron chi connectivity index (χ0n) is 19.0. The van der Waals surface area contributed by atoms with E-state index in [0.717, 1.165) is 42.4 Å². The minimum absolute atomic E-state index is 0.0836. The van der Waals surface area contributed by atoms with Crippen LogP contribution in [0.5, 0.6) is 0 Å². The van der Waals surface area contributed by atoms with Gasteiger partial charge in [0.2, 0.25) is 0 Å². The number of fused-ring (bicyclic) bond motifs is 5. The predicted octanol–water partition coefficient (Wildman–Crippen LogP) is 7.02. The van der Waals surface area contributed by atoms with Gasteiger partial charge in [0.1, 0.15) is 0 Å². The molecule has 0 aromatic heterocycles. The zero-order valence-corrected chi connectivity index (χ0v) is 19.0. The molecule has 28 heavy (non-hydrogen) atoms. The molecule has 158 valence electrons. The monoisotopic (exact) mass is 384 g/mol. The molecule has 4 rings (SSSR count). The van der Waals surface area contributed by atoms with Crippen molar-refractivity contribution in [1.82, 2.24) is 0 Å². The lowest BCUT2D eigenvalue weighted by Gasteiger charge is -2.56. The number of rotatable bonds is 5. The van der Waals surface area contributed by atoms with Crippen LogP contribution in [0.2, 0.25) is 0 Å². The Morgan fingerprint density at radius 1 is 1.00 bits per heavy atom. The smallest absolute Gasteiger partial charge is 0.0546 e. The highest BCUT2D eigenvalue weighted by molar-refractivity contribution is 5.26. The van der Waals surface area contributed by atoms with Gasteiger partial charge in [-0.15, -0.1) is 0 Å². The normalized spacial score (nSPS) is 48.2. The molecule has 0 aliphatic heterocycles. The Bertz CT molecular complexity index is 618. The molecule has 0 aromatic rings. The van der Waals surface area contributed by atoms with Crippen LogP contribution in [0.25, 0.3) is 0 Å². The van der Waals surface area contributed by atoms with Crippen LogP contribution in [0.15, 0.2) is 24.3 Å². The van der Waals surface area contributed by atoms with Crippen LogP contribution in [0.3, 0.4) is 0 Å². The molecule has 2 saturated carbocycles. The molecule has 0 unspecified atom stereocenters. The van der Waals surface area contributed by atoms with Crippen LogP contribution in [-0.4, -0.2) is 11.2 Å². The first-order valence-electron chi connectivity index (χ1n) is 12.3. The van der Waals surface area contributed by atoms with Gasteiger partial charge in [-0.1, -0.05) is 78.2 Å². The summed E-state index contributed by atoms with van der Waals surface area (Å²) in [6.45, 7) is 12.4. The van der Waals surface area contributed by atoms with Gasteiger partial charge in [0.15, 0.2) is 0 Å². The van der Waals surface area contributed by atoms with E-state index in [1.807, 2.05) is 0 Å². The van der Waals surface area contributed by atoms with Crippen molar-refractivity contribution in [1.29, 1.82) is 0 Å². The zero-order chi connectivity index (χ0) is 20.1. The highest BCUT2D eigenvalue weighted by atomic mass is 16.3. The topological polar surface area (TPSA) is 20.2 Å². The van der Waals surface area contributed by atoms with Crippen molar-refractivity contribution in [3.05, 3.63) is 24.3 Å². The summed E-state index contributed by atoms with van der Waals surface area (Å²) >= 11 is 0. The van der Waals surface area contributed by atoms with Crippen molar-refractivity contribution < 1.29 is 5.11 Å². The Morgan fingerprint density at radius 3 is 2.54 bits per heavy atom. The Labute approximate surface area is 174 Å². The predicted molar refractivity (Wildman–Crippen MR) is 119 cm³/mol. The van der Waals surface area contributed by atoms with E-state index in [4.69, 9.17) is 0 Å². The van der Waals surface area contributed by atoms with Gasteiger partial charge in [-0.2, -0.15) is 0 Å². The molecule has 0 amide bonds. The molecule has 2 fully saturated rings. The average molecular weight is 385 g/mol. The number of hydrogen-bond acceptors (Lipinski definition) is 1. The molecule has 1 heteroatoms. The lowest BCUT2D eigenvalue weighted by atomic mass is 9.48. The summed E-state index contributed by atoms with van der Waals surface area (Å²) in [5, 5.41) is 10.2. The maximum atomic E-state index is 10.2. The SMILES string of the molecule is CC(C)CCC[C@@H](C)[C@H]1CC[C@H]2[C@@H]3C=C[C@H]4C[C@@H](O)CC[C@]4(C)[C@H]3C=C[C@]12C. The summed E-state index contributed by atoms with van der Waals surface area (Å²) in [4.78, 5) is 0. The lowest BCUT2D eigenvalue weighted by molar-refractivity contribution is -0.0281. The molecular formula is C27H44O. The fourth-order valence-electron chi connectivity index (χ4n) is 7.98. The molecule has 0 radical (unpaired) electrons. The molecule has 1 N–H and O–H groups in total. The van der Waals surface area contributed by atoms with Gasteiger partial charge in [-0.3, -0.25) is 0 Å². The van der Waals surface area contributed by atoms with Gasteiger partial charge in [0.05, 0.1) is 6.10 Å². The molecular weight excluding hydrogens is 340 g/mol. The Hall–Kier alpha value is -0.560. The fourth-order valence-corrected chi connectivity index (χ4v) is 7.98. The van der Waals surface area contributed by atoms with Crippen molar-refractivity contribution in [2.75, 3.05) is 0 Å². The summed E-state index contributed by atoms with van der Waals surface area (Å²) in [6, 6.07) is 0. The quantitative estimate of drug-likeness (QED) is 0.505. The molecule has 1 nitrogen and oxygen atoms in total. The van der Waals surface area contributed by atoms with E-state index in [1.54, 1.807) is 0 Å². The van der Waals surface area contributed by atoms with Crippen LogP contribution >= 0.6 is 0 Å². The van der Waals surface area contributed by atoms with Crippen LogP contribution in [0.4, 0.5) is 0 Å². The second-order valence-electron chi connectivity index (χ2n) is 11.8. The molecule has 0 heterocycles. The van der Waals surface area contributed by atoms with Crippen molar-refractivity contribution >= 4 is 0 Å². The third-order valence-corrected chi connectivity index (χ3v) is 9.77. The summed E-state index contributed by atoms with van der Waals surface area (Å²) < 4.78 is 0. The third kappa shape index (κ3) is 3.34. The third-order valence-electron chi connectivity index (χ3n) is 9.77. The van der Waals surface area contributed by atoms with Crippen molar-refractivity contribution in [3.8, 4) is 0 Å². The number of aliphatic hydroxyl groups is 1. The van der Waals surface area contributed by atoms with E-state index < -0.39 is 0 Å². The molecule has 9 atom stereocenters. The van der Waals surface area contributed by atoms with E-state index in [-0.39, 0.29) is 6.10 Å². The minimum atomic E-state index is -0.0836. The number of hydrogen-bond donors (Lipinski definition) is 1. The Balaban J connectivity index is 1.53. The van der Waals surface area contributed by atoms with Crippen molar-refractivity contribution in [2.24, 2.45) is 52.3 Å². The van der Waals surface area contributed by atoms with E-state index in [9.17, 15) is 5.11 Å². The van der Waals surface area contributed by atoms with Gasteiger partial charge in [-0.05, 0) is 84.4 Å². The first-order chi connectivity index (χ1) is 13.3. The molecule has 0 bridgehead atoms. The second-order valence-corrected chi connectivity index (χ2v) is 11.8. The maximum absolute atomic E-state index is 10.2. The van der Waals surface area contributed by atoms with Crippen molar-refractivity contribution in [3.63, 3.8) is 0 Å². The first kappa shape index (κ1) is 20.7. The van der Waals surface area contributed by atoms with Gasteiger partial charge in [-0.25, -0.2) is 0 Å². The Kier molecular flexibility index (Phi) is 5.62. The van der Waals surface area contributed by atoms with E-state index in [1.165, 1.54) is 38.5 Å². The van der Waals surface area contributed by atoms with Gasteiger partial charge < -0.3 is 5.11 Å². The largest absolute Gasteiger partial charge is 0.393 e. The highest BCUT2D eigenvalue weighted by Crippen LogP contribution is 2.64. The molecule has 0 aromatic carbocycles. The number of aliphatic hydroxyl groups excluding tert-OH is 1. The van der Waals surface area contributed by atoms with Crippen LogP contribution in [0.1, 0.15) is 86.0 Å². The van der Waals surface area contributed by atoms with Crippen LogP contribution < -0.4 is 0 Å². The summed E-state index contributed by atoms with van der Waals surface area (Å²) in [6.07, 6.45) is 20.5. The van der Waals surface area contributed by atoms with Crippen molar-refractivity contribution in [2.45, 2.75) is 92.1 Å². The summed E-state index contributed by atoms with van der Waals surface area (Å²) in [7, 11) is 0. The van der Waals surface area contributed by atoms with Gasteiger partial charge >= 0.3 is 0 Å². The van der Waals surface area contributed by atoms with E-state index >= 15 is 0 Å². The molecule has 0 spiro atoms. The number of allylic oxidation sites excluding steroid dienone is 4. The van der Waals surface area contributed by atoms with Gasteiger partial charge in [0.25, 0.3) is 0 Å². The first-order valence-corrected chi connectivity index (χ1v) is 12.3. The second kappa shape index (κ2) is 7.60. The Morgan fingerprint density at radius 2 is 1.79 bits per heavy atom. The van der Waals surface area contributed by atoms with E-state index in [0.29, 0.717) is 22.7 Å². The molecule has 0 saturated heterocycles. The summed E-state index contributed by atoms with van der Waals surface area (Å²) in [5.74, 6) is 5.33.